The van der Waals surface area contributed by atoms with E-state index in [0.29, 0.717) is 21.7 Å². The molecule has 1 unspecified atom stereocenters. The van der Waals surface area contributed by atoms with Gasteiger partial charge in [0.2, 0.25) is 0 Å². The Hall–Kier alpha value is -3.78. The second kappa shape index (κ2) is 10.1. The van der Waals surface area contributed by atoms with Crippen molar-refractivity contribution in [3.8, 4) is 16.9 Å². The number of fused-ring (bicyclic) bond motifs is 1. The van der Waals surface area contributed by atoms with Gasteiger partial charge >= 0.3 is 0 Å². The Kier molecular flexibility index (Phi) is 6.93. The van der Waals surface area contributed by atoms with E-state index >= 15 is 4.39 Å². The molecule has 200 valence electrons. The number of nitrogens with zero attached hydrogens (tertiary/aromatic N) is 1. The van der Waals surface area contributed by atoms with Gasteiger partial charge in [0.1, 0.15) is 17.7 Å². The lowest BCUT2D eigenvalue weighted by Gasteiger charge is -2.26. The van der Waals surface area contributed by atoms with Crippen LogP contribution < -0.4 is 10.3 Å². The second-order valence-corrected chi connectivity index (χ2v) is 11.6. The van der Waals surface area contributed by atoms with Gasteiger partial charge in [-0.2, -0.15) is 0 Å². The van der Waals surface area contributed by atoms with E-state index in [1.165, 1.54) is 53.8 Å². The van der Waals surface area contributed by atoms with E-state index in [4.69, 9.17) is 4.74 Å². The van der Waals surface area contributed by atoms with Crippen LogP contribution in [0.2, 0.25) is 0 Å². The van der Waals surface area contributed by atoms with Gasteiger partial charge in [0.25, 0.3) is 5.56 Å². The van der Waals surface area contributed by atoms with Crippen LogP contribution in [-0.2, 0) is 6.42 Å². The van der Waals surface area contributed by atoms with E-state index in [0.717, 1.165) is 0 Å². The molecule has 0 saturated carbocycles. The van der Waals surface area contributed by atoms with Gasteiger partial charge in [-0.05, 0) is 50.1 Å². The molecular weight excluding hydrogens is 523 g/mol. The molecule has 0 saturated heterocycles. The molecule has 0 N–H and O–H groups in total. The van der Waals surface area contributed by atoms with Gasteiger partial charge in [-0.25, -0.2) is 13.2 Å². The van der Waals surface area contributed by atoms with Gasteiger partial charge in [0.05, 0.1) is 17.7 Å². The monoisotopic (exact) mass is 549 g/mol. The van der Waals surface area contributed by atoms with E-state index in [2.05, 4.69) is 0 Å². The van der Waals surface area contributed by atoms with E-state index in [9.17, 15) is 18.4 Å². The number of carbonyl (C=O) groups excluding carboxylic acids is 1. The van der Waals surface area contributed by atoms with Crippen molar-refractivity contribution >= 4 is 17.5 Å². The van der Waals surface area contributed by atoms with Crippen LogP contribution in [0.1, 0.15) is 46.9 Å². The summed E-state index contributed by atoms with van der Waals surface area (Å²) in [6.07, 6.45) is -0.187. The van der Waals surface area contributed by atoms with Crippen LogP contribution in [0.3, 0.4) is 0 Å². The number of hydrogen-bond donors (Lipinski definition) is 0. The number of benzene rings is 3. The lowest BCUT2D eigenvalue weighted by Crippen LogP contribution is -2.38. The zero-order chi connectivity index (χ0) is 28.1. The Morgan fingerprint density at radius 3 is 2.23 bits per heavy atom. The van der Waals surface area contributed by atoms with E-state index < -0.39 is 33.8 Å². The van der Waals surface area contributed by atoms with Crippen LogP contribution in [0.4, 0.5) is 13.2 Å². The highest BCUT2D eigenvalue weighted by atomic mass is 32.2. The molecule has 1 aromatic heterocycles. The van der Waals surface area contributed by atoms with Crippen molar-refractivity contribution in [2.45, 2.75) is 43.0 Å². The van der Waals surface area contributed by atoms with Crippen molar-refractivity contribution in [2.75, 3.05) is 7.11 Å². The summed E-state index contributed by atoms with van der Waals surface area (Å²) in [5.41, 5.74) is 0.547. The lowest BCUT2D eigenvalue weighted by molar-refractivity contribution is 0.0904. The number of ketones is 1. The Bertz CT molecular complexity index is 1640. The molecule has 0 amide bonds. The summed E-state index contributed by atoms with van der Waals surface area (Å²) in [5.74, 6) is -2.53. The molecule has 2 heterocycles. The number of methoxy groups -OCH3 is 1. The van der Waals surface area contributed by atoms with Crippen LogP contribution >= 0.6 is 11.8 Å². The zero-order valence-electron chi connectivity index (χ0n) is 21.8. The first-order valence-corrected chi connectivity index (χ1v) is 13.2. The molecule has 4 nitrogen and oxygen atoms in total. The maximum Gasteiger partial charge on any atom is 0.260 e. The first-order chi connectivity index (χ1) is 18.6. The predicted molar refractivity (Wildman–Crippen MR) is 146 cm³/mol. The maximum absolute atomic E-state index is 15.6. The quantitative estimate of drug-likeness (QED) is 0.240. The topological polar surface area (TPSA) is 48.3 Å². The molecule has 39 heavy (non-hydrogen) atoms. The van der Waals surface area contributed by atoms with Gasteiger partial charge in [0.15, 0.2) is 17.3 Å². The van der Waals surface area contributed by atoms with E-state index in [-0.39, 0.29) is 34.6 Å². The third kappa shape index (κ3) is 4.46. The summed E-state index contributed by atoms with van der Waals surface area (Å²) in [5, 5.41) is 0.437. The minimum absolute atomic E-state index is 0.0111. The average molecular weight is 550 g/mol. The summed E-state index contributed by atoms with van der Waals surface area (Å²) >= 11 is 1.30. The Labute approximate surface area is 228 Å². The Morgan fingerprint density at radius 1 is 0.949 bits per heavy atom. The summed E-state index contributed by atoms with van der Waals surface area (Å²) in [6, 6.07) is 15.8. The number of aromatic nitrogens is 1. The van der Waals surface area contributed by atoms with Crippen LogP contribution in [0, 0.1) is 24.4 Å². The average Bonchev–Trinajstić information content (AvgIpc) is 3.20. The highest BCUT2D eigenvalue weighted by molar-refractivity contribution is 8.00. The van der Waals surface area contributed by atoms with Crippen LogP contribution in [0.25, 0.3) is 11.1 Å². The summed E-state index contributed by atoms with van der Waals surface area (Å²) in [6.45, 7) is 5.35. The van der Waals surface area contributed by atoms with Crippen molar-refractivity contribution in [1.29, 1.82) is 0 Å². The van der Waals surface area contributed by atoms with Crippen LogP contribution in [0.5, 0.6) is 5.75 Å². The number of pyridine rings is 1. The Morgan fingerprint density at radius 2 is 1.59 bits per heavy atom. The first kappa shape index (κ1) is 26.8. The van der Waals surface area contributed by atoms with Gasteiger partial charge in [-0.15, -0.1) is 0 Å². The molecule has 0 fully saturated rings. The van der Waals surface area contributed by atoms with Crippen molar-refractivity contribution in [1.82, 2.24) is 4.57 Å². The lowest BCUT2D eigenvalue weighted by atomic mass is 9.91. The SMILES string of the molecule is COc1cccc(-c2c(C)c(Cc3c(F)cccc3F)c3n(c2=O)C(C(=O)c2ccccc2)C(C)(C)S3)c1F. The third-order valence-corrected chi connectivity index (χ3v) is 8.57. The van der Waals surface area contributed by atoms with Crippen molar-refractivity contribution < 1.29 is 22.7 Å². The molecule has 0 spiro atoms. The fourth-order valence-electron chi connectivity index (χ4n) is 5.25. The number of halogens is 3. The van der Waals surface area contributed by atoms with Gasteiger partial charge in [0, 0.05) is 27.9 Å². The second-order valence-electron chi connectivity index (χ2n) is 10.00. The highest BCUT2D eigenvalue weighted by Gasteiger charge is 2.47. The molecule has 1 atom stereocenters. The predicted octanol–water partition coefficient (Wildman–Crippen LogP) is 7.15. The molecule has 3 aromatic carbocycles. The maximum atomic E-state index is 15.6. The fraction of sp³-hybridized carbons (Fsp3) is 0.226. The van der Waals surface area contributed by atoms with Crippen molar-refractivity contribution in [3.63, 3.8) is 0 Å². The number of ether oxygens (including phenoxy) is 1. The molecule has 8 heteroatoms. The number of rotatable bonds is 6. The van der Waals surface area contributed by atoms with E-state index in [1.807, 2.05) is 13.8 Å². The zero-order valence-corrected chi connectivity index (χ0v) is 22.7. The van der Waals surface area contributed by atoms with Gasteiger partial charge in [-0.1, -0.05) is 60.3 Å². The molecule has 0 radical (unpaired) electrons. The van der Waals surface area contributed by atoms with Gasteiger partial charge < -0.3 is 4.74 Å². The summed E-state index contributed by atoms with van der Waals surface area (Å²) in [7, 11) is 1.32. The minimum atomic E-state index is -0.940. The molecular formula is C31H26F3NO3S. The largest absolute Gasteiger partial charge is 0.494 e. The number of Topliss-reactive ketones (excluding diaryl/α,β-unsaturated/α-hetero) is 1. The molecule has 5 rings (SSSR count). The van der Waals surface area contributed by atoms with Crippen LogP contribution in [-0.4, -0.2) is 22.2 Å². The highest BCUT2D eigenvalue weighted by Crippen LogP contribution is 2.51. The van der Waals surface area contributed by atoms with Crippen molar-refractivity contribution in [2.24, 2.45) is 0 Å². The third-order valence-electron chi connectivity index (χ3n) is 7.19. The van der Waals surface area contributed by atoms with Gasteiger partial charge in [-0.3, -0.25) is 14.2 Å². The normalized spacial score (nSPS) is 15.7. The smallest absolute Gasteiger partial charge is 0.260 e. The molecule has 1 aliphatic rings. The Balaban J connectivity index is 1.84. The molecule has 4 aromatic rings. The molecule has 0 bridgehead atoms. The summed E-state index contributed by atoms with van der Waals surface area (Å²) < 4.78 is 50.9. The number of carbonyl (C=O) groups is 1. The molecule has 0 aliphatic carbocycles. The minimum Gasteiger partial charge on any atom is -0.494 e. The number of thioether (sulfide) groups is 1. The number of hydrogen-bond acceptors (Lipinski definition) is 4. The fourth-order valence-corrected chi connectivity index (χ4v) is 6.71. The molecule has 1 aliphatic heterocycles. The first-order valence-electron chi connectivity index (χ1n) is 12.4. The van der Waals surface area contributed by atoms with E-state index in [1.54, 1.807) is 43.3 Å². The van der Waals surface area contributed by atoms with Crippen LogP contribution in [0.15, 0.2) is 76.6 Å². The van der Waals surface area contributed by atoms with Crippen molar-refractivity contribution in [3.05, 3.63) is 117 Å². The summed E-state index contributed by atoms with van der Waals surface area (Å²) in [4.78, 5) is 28.1. The standard InChI is InChI=1S/C31H26F3NO3S/c1-17-20(16-21-22(32)13-9-14-23(21)33)30-35(29(37)25(17)19-12-8-15-24(38-4)26(19)34)28(31(2,3)39-30)27(36)18-10-6-5-7-11-18/h5-15,28H,16H2,1-4H3.